The van der Waals surface area contributed by atoms with Crippen molar-refractivity contribution in [1.29, 1.82) is 0 Å². The minimum Gasteiger partial charge on any atom is -0.368 e. The van der Waals surface area contributed by atoms with Crippen LogP contribution in [0.25, 0.3) is 0 Å². The highest BCUT2D eigenvalue weighted by Gasteiger charge is 2.17. The first kappa shape index (κ1) is 18.7. The molecule has 4 N–H and O–H groups in total. The van der Waals surface area contributed by atoms with Gasteiger partial charge in [0.15, 0.2) is 0 Å². The van der Waals surface area contributed by atoms with E-state index >= 15 is 0 Å². The summed E-state index contributed by atoms with van der Waals surface area (Å²) in [5.41, 5.74) is 5.78. The summed E-state index contributed by atoms with van der Waals surface area (Å²) in [5.74, 6) is -1.31. The van der Waals surface area contributed by atoms with Crippen LogP contribution in [-0.4, -0.2) is 30.3 Å². The lowest BCUT2D eigenvalue weighted by atomic mass is 10.1. The molecule has 0 spiro atoms. The summed E-state index contributed by atoms with van der Waals surface area (Å²) < 4.78 is 0. The third-order valence-corrected chi connectivity index (χ3v) is 3.47. The fourth-order valence-electron chi connectivity index (χ4n) is 2.16. The van der Waals surface area contributed by atoms with E-state index in [1.807, 2.05) is 0 Å². The minimum absolute atomic E-state index is 0.188. The average Bonchev–Trinajstić information content (AvgIpc) is 2.56. The second-order valence-corrected chi connectivity index (χ2v) is 5.42. The zero-order valence-electron chi connectivity index (χ0n) is 13.5. The summed E-state index contributed by atoms with van der Waals surface area (Å²) in [4.78, 5) is 35.1. The summed E-state index contributed by atoms with van der Waals surface area (Å²) in [5, 5.41) is 5.09. The molecule has 1 atom stereocenters. The van der Waals surface area contributed by atoms with Gasteiger partial charge in [0.25, 0.3) is 5.91 Å². The number of benzene rings is 1. The molecule has 0 aromatic heterocycles. The van der Waals surface area contributed by atoms with Crippen LogP contribution in [0.5, 0.6) is 0 Å². The zero-order chi connectivity index (χ0) is 17.1. The summed E-state index contributed by atoms with van der Waals surface area (Å²) in [6, 6.07) is 7.93. The Labute approximate surface area is 136 Å². The summed E-state index contributed by atoms with van der Waals surface area (Å²) in [6.45, 7) is 1.91. The number of unbranched alkanes of at least 4 members (excludes halogenated alkanes) is 3. The van der Waals surface area contributed by atoms with Gasteiger partial charge in [-0.25, -0.2) is 0 Å². The van der Waals surface area contributed by atoms with Gasteiger partial charge in [-0.1, -0.05) is 50.8 Å². The standard InChI is InChI=1S/C17H25N3O3/c1-2-3-4-8-11-14(16(18)22)20-15(21)12-19-17(23)13-9-6-5-7-10-13/h5-7,9-10,14H,2-4,8,11-12H2,1H3,(H2,18,22)(H,19,23)(H,20,21)/t14-/m0/s1. The third kappa shape index (κ3) is 7.44. The number of nitrogens with two attached hydrogens (primary N) is 1. The van der Waals surface area contributed by atoms with E-state index in [4.69, 9.17) is 5.73 Å². The normalized spacial score (nSPS) is 11.5. The maximum Gasteiger partial charge on any atom is 0.251 e. The van der Waals surface area contributed by atoms with Crippen molar-refractivity contribution in [2.75, 3.05) is 6.54 Å². The predicted octanol–water partition coefficient (Wildman–Crippen LogP) is 1.36. The highest BCUT2D eigenvalue weighted by molar-refractivity contribution is 5.97. The van der Waals surface area contributed by atoms with E-state index in [9.17, 15) is 14.4 Å². The molecule has 0 aliphatic heterocycles. The third-order valence-electron chi connectivity index (χ3n) is 3.47. The second kappa shape index (κ2) is 10.4. The number of carbonyl (C=O) groups excluding carboxylic acids is 3. The quantitative estimate of drug-likeness (QED) is 0.567. The summed E-state index contributed by atoms with van der Waals surface area (Å²) >= 11 is 0. The Morgan fingerprint density at radius 2 is 1.78 bits per heavy atom. The summed E-state index contributed by atoms with van der Waals surface area (Å²) in [6.07, 6.45) is 4.54. The number of carbonyl (C=O) groups is 3. The molecule has 0 fully saturated rings. The molecule has 0 radical (unpaired) electrons. The van der Waals surface area contributed by atoms with E-state index in [1.54, 1.807) is 30.3 Å². The number of nitrogens with one attached hydrogen (secondary N) is 2. The maximum absolute atomic E-state index is 11.8. The molecule has 0 bridgehead atoms. The van der Waals surface area contributed by atoms with Crippen molar-refractivity contribution in [2.45, 2.75) is 45.1 Å². The lowest BCUT2D eigenvalue weighted by Gasteiger charge is -2.15. The Morgan fingerprint density at radius 1 is 1.09 bits per heavy atom. The Bertz CT molecular complexity index is 517. The largest absolute Gasteiger partial charge is 0.368 e. The van der Waals surface area contributed by atoms with Gasteiger partial charge in [0.1, 0.15) is 6.04 Å². The lowest BCUT2D eigenvalue weighted by molar-refractivity contribution is -0.126. The van der Waals surface area contributed by atoms with Crippen molar-refractivity contribution in [3.05, 3.63) is 35.9 Å². The Balaban J connectivity index is 2.37. The smallest absolute Gasteiger partial charge is 0.251 e. The van der Waals surface area contributed by atoms with Gasteiger partial charge in [0.2, 0.25) is 11.8 Å². The van der Waals surface area contributed by atoms with Gasteiger partial charge in [0.05, 0.1) is 6.54 Å². The maximum atomic E-state index is 11.8. The van der Waals surface area contributed by atoms with Crippen molar-refractivity contribution < 1.29 is 14.4 Å². The average molecular weight is 319 g/mol. The molecule has 1 aromatic carbocycles. The molecule has 126 valence electrons. The van der Waals surface area contributed by atoms with Crippen LogP contribution in [0, 0.1) is 0 Å². The van der Waals surface area contributed by atoms with Gasteiger partial charge in [-0.15, -0.1) is 0 Å². The number of rotatable bonds is 10. The molecule has 0 saturated heterocycles. The first-order chi connectivity index (χ1) is 11.0. The zero-order valence-corrected chi connectivity index (χ0v) is 13.5. The van der Waals surface area contributed by atoms with Crippen LogP contribution in [0.1, 0.15) is 49.4 Å². The first-order valence-corrected chi connectivity index (χ1v) is 7.96. The van der Waals surface area contributed by atoms with Crippen molar-refractivity contribution in [3.63, 3.8) is 0 Å². The second-order valence-electron chi connectivity index (χ2n) is 5.42. The molecule has 0 unspecified atom stereocenters. The minimum atomic E-state index is -0.687. The molecule has 3 amide bonds. The van der Waals surface area contributed by atoms with Crippen LogP contribution >= 0.6 is 0 Å². The van der Waals surface area contributed by atoms with Crippen LogP contribution in [0.4, 0.5) is 0 Å². The van der Waals surface area contributed by atoms with E-state index in [1.165, 1.54) is 0 Å². The van der Waals surface area contributed by atoms with Crippen LogP contribution in [0.15, 0.2) is 30.3 Å². The first-order valence-electron chi connectivity index (χ1n) is 7.96. The monoisotopic (exact) mass is 319 g/mol. The molecule has 0 saturated carbocycles. The van der Waals surface area contributed by atoms with E-state index in [0.29, 0.717) is 12.0 Å². The Kier molecular flexibility index (Phi) is 8.42. The fourth-order valence-corrected chi connectivity index (χ4v) is 2.16. The van der Waals surface area contributed by atoms with Gasteiger partial charge >= 0.3 is 0 Å². The molecule has 23 heavy (non-hydrogen) atoms. The highest BCUT2D eigenvalue weighted by Crippen LogP contribution is 2.05. The fraction of sp³-hybridized carbons (Fsp3) is 0.471. The van der Waals surface area contributed by atoms with Gasteiger partial charge < -0.3 is 16.4 Å². The van der Waals surface area contributed by atoms with Crippen molar-refractivity contribution in [1.82, 2.24) is 10.6 Å². The van der Waals surface area contributed by atoms with Crippen LogP contribution in [0.2, 0.25) is 0 Å². The van der Waals surface area contributed by atoms with Crippen LogP contribution < -0.4 is 16.4 Å². The molecular weight excluding hydrogens is 294 g/mol. The highest BCUT2D eigenvalue weighted by atomic mass is 16.2. The van der Waals surface area contributed by atoms with Crippen molar-refractivity contribution in [2.24, 2.45) is 5.73 Å². The van der Waals surface area contributed by atoms with Crippen LogP contribution in [0.3, 0.4) is 0 Å². The lowest BCUT2D eigenvalue weighted by Crippen LogP contribution is -2.47. The van der Waals surface area contributed by atoms with Gasteiger partial charge in [-0.2, -0.15) is 0 Å². The molecular formula is C17H25N3O3. The molecule has 1 rings (SSSR count). The van der Waals surface area contributed by atoms with Crippen molar-refractivity contribution in [3.8, 4) is 0 Å². The SMILES string of the molecule is CCCCCC[C@H](NC(=O)CNC(=O)c1ccccc1)C(N)=O. The molecule has 6 nitrogen and oxygen atoms in total. The van der Waals surface area contributed by atoms with Crippen molar-refractivity contribution >= 4 is 17.7 Å². The molecule has 0 aliphatic carbocycles. The summed E-state index contributed by atoms with van der Waals surface area (Å²) in [7, 11) is 0. The van der Waals surface area contributed by atoms with E-state index in [-0.39, 0.29) is 12.5 Å². The van der Waals surface area contributed by atoms with E-state index in [2.05, 4.69) is 17.6 Å². The predicted molar refractivity (Wildman–Crippen MR) is 88.7 cm³/mol. The van der Waals surface area contributed by atoms with E-state index < -0.39 is 17.9 Å². The topological polar surface area (TPSA) is 101 Å². The van der Waals surface area contributed by atoms with Gasteiger partial charge in [-0.3, -0.25) is 14.4 Å². The molecule has 6 heteroatoms. The van der Waals surface area contributed by atoms with Gasteiger partial charge in [0, 0.05) is 5.56 Å². The van der Waals surface area contributed by atoms with Crippen LogP contribution in [-0.2, 0) is 9.59 Å². The van der Waals surface area contributed by atoms with Gasteiger partial charge in [-0.05, 0) is 18.6 Å². The number of primary amides is 1. The molecule has 1 aromatic rings. The Hall–Kier alpha value is -2.37. The Morgan fingerprint density at radius 3 is 2.39 bits per heavy atom. The number of hydrogen-bond acceptors (Lipinski definition) is 3. The number of amides is 3. The molecule has 0 heterocycles. The molecule has 0 aliphatic rings. The van der Waals surface area contributed by atoms with E-state index in [0.717, 1.165) is 25.7 Å². The number of hydrogen-bond donors (Lipinski definition) is 3.